The highest BCUT2D eigenvalue weighted by atomic mass is 35.5. The standard InChI is InChI=1S/C11H15ClN2O2.ClH/c1-11(2,3)14(16-10(12)15)13-9-7-5-4-6-8-9;/h4-8,13H,1-3H3;1H. The summed E-state index contributed by atoms with van der Waals surface area (Å²) in [6, 6.07) is 9.39. The third-order valence-corrected chi connectivity index (χ3v) is 1.85. The van der Waals surface area contributed by atoms with Crippen molar-refractivity contribution in [2.45, 2.75) is 26.3 Å². The fraction of sp³-hybridized carbons (Fsp3) is 0.364. The number of benzene rings is 1. The molecule has 0 aromatic heterocycles. The van der Waals surface area contributed by atoms with Gasteiger partial charge in [-0.15, -0.1) is 12.4 Å². The quantitative estimate of drug-likeness (QED) is 0.674. The number of hydrogen-bond donors (Lipinski definition) is 1. The summed E-state index contributed by atoms with van der Waals surface area (Å²) >= 11 is 5.20. The van der Waals surface area contributed by atoms with E-state index in [4.69, 9.17) is 16.4 Å². The number of carbonyl (C=O) groups excluding carboxylic acids is 1. The zero-order valence-corrected chi connectivity index (χ0v) is 11.5. The molecule has 0 radical (unpaired) electrons. The van der Waals surface area contributed by atoms with Crippen molar-refractivity contribution in [3.05, 3.63) is 30.3 Å². The fourth-order valence-electron chi connectivity index (χ4n) is 1.03. The number of anilines is 1. The van der Waals surface area contributed by atoms with Crippen LogP contribution in [0.4, 0.5) is 10.5 Å². The van der Waals surface area contributed by atoms with Gasteiger partial charge in [-0.3, -0.25) is 5.43 Å². The normalized spacial score (nSPS) is 10.6. The zero-order chi connectivity index (χ0) is 12.2. The van der Waals surface area contributed by atoms with Crippen molar-refractivity contribution in [3.8, 4) is 0 Å². The molecular formula is C11H16Cl2N2O2. The molecule has 0 fully saturated rings. The van der Waals surface area contributed by atoms with Gasteiger partial charge in [0.15, 0.2) is 0 Å². The number of carbonyl (C=O) groups is 1. The van der Waals surface area contributed by atoms with Gasteiger partial charge in [0.1, 0.15) is 0 Å². The van der Waals surface area contributed by atoms with E-state index >= 15 is 0 Å². The summed E-state index contributed by atoms with van der Waals surface area (Å²) in [6.45, 7) is 5.67. The highest BCUT2D eigenvalue weighted by molar-refractivity contribution is 6.61. The van der Waals surface area contributed by atoms with Crippen LogP contribution in [0, 0.1) is 0 Å². The third-order valence-electron chi connectivity index (χ3n) is 1.78. The summed E-state index contributed by atoms with van der Waals surface area (Å²) in [5.74, 6) is 0. The second kappa shape index (κ2) is 6.69. The topological polar surface area (TPSA) is 41.6 Å². The lowest BCUT2D eigenvalue weighted by molar-refractivity contribution is -0.128. The molecule has 0 bridgehead atoms. The molecule has 1 N–H and O–H groups in total. The van der Waals surface area contributed by atoms with Gasteiger partial charge < -0.3 is 4.84 Å². The molecule has 0 atom stereocenters. The van der Waals surface area contributed by atoms with E-state index in [0.717, 1.165) is 5.69 Å². The van der Waals surface area contributed by atoms with Crippen molar-refractivity contribution in [2.75, 3.05) is 5.43 Å². The van der Waals surface area contributed by atoms with Gasteiger partial charge in [0, 0.05) is 11.6 Å². The van der Waals surface area contributed by atoms with Crippen LogP contribution in [-0.4, -0.2) is 16.1 Å². The molecule has 0 amide bonds. The molecule has 0 saturated carbocycles. The average Bonchev–Trinajstić information content (AvgIpc) is 2.16. The van der Waals surface area contributed by atoms with E-state index in [-0.39, 0.29) is 12.4 Å². The molecule has 96 valence electrons. The van der Waals surface area contributed by atoms with Crippen LogP contribution in [0.25, 0.3) is 0 Å². The number of hydroxylamine groups is 1. The second-order valence-electron chi connectivity index (χ2n) is 4.27. The Hall–Kier alpha value is -0.970. The molecule has 6 heteroatoms. The number of nitrogens with one attached hydrogen (secondary N) is 1. The highest BCUT2D eigenvalue weighted by Gasteiger charge is 2.25. The summed E-state index contributed by atoms with van der Waals surface area (Å²) in [4.78, 5) is 15.6. The van der Waals surface area contributed by atoms with Crippen molar-refractivity contribution in [3.63, 3.8) is 0 Å². The predicted octanol–water partition coefficient (Wildman–Crippen LogP) is 3.83. The van der Waals surface area contributed by atoms with Gasteiger partial charge in [0.2, 0.25) is 0 Å². The maximum Gasteiger partial charge on any atom is 0.424 e. The van der Waals surface area contributed by atoms with Crippen LogP contribution in [0.1, 0.15) is 20.8 Å². The molecule has 1 aromatic rings. The first kappa shape index (κ1) is 16.0. The molecule has 0 spiro atoms. The van der Waals surface area contributed by atoms with Crippen molar-refractivity contribution in [1.82, 2.24) is 5.17 Å². The Morgan fingerprint density at radius 3 is 2.24 bits per heavy atom. The molecule has 1 rings (SSSR count). The van der Waals surface area contributed by atoms with E-state index in [9.17, 15) is 4.79 Å². The maximum atomic E-state index is 10.8. The summed E-state index contributed by atoms with van der Waals surface area (Å²) in [6.07, 6.45) is 0. The summed E-state index contributed by atoms with van der Waals surface area (Å²) < 4.78 is 0. The second-order valence-corrected chi connectivity index (χ2v) is 4.58. The molecule has 0 unspecified atom stereocenters. The number of nitrogens with zero attached hydrogens (tertiary/aromatic N) is 1. The molecule has 1 aromatic carbocycles. The van der Waals surface area contributed by atoms with Crippen LogP contribution in [0.2, 0.25) is 0 Å². The molecule has 0 saturated heterocycles. The monoisotopic (exact) mass is 278 g/mol. The molecule has 0 heterocycles. The minimum absolute atomic E-state index is 0. The van der Waals surface area contributed by atoms with E-state index in [0.29, 0.717) is 0 Å². The SMILES string of the molecule is CC(C)(C)N(Nc1ccccc1)OC(=O)Cl.Cl. The lowest BCUT2D eigenvalue weighted by Crippen LogP contribution is -2.45. The van der Waals surface area contributed by atoms with Crippen LogP contribution < -0.4 is 5.43 Å². The lowest BCUT2D eigenvalue weighted by Gasteiger charge is -2.32. The Labute approximate surface area is 112 Å². The van der Waals surface area contributed by atoms with E-state index in [1.165, 1.54) is 5.17 Å². The van der Waals surface area contributed by atoms with E-state index < -0.39 is 11.0 Å². The van der Waals surface area contributed by atoms with Gasteiger partial charge >= 0.3 is 5.43 Å². The van der Waals surface area contributed by atoms with Crippen LogP contribution in [0.15, 0.2) is 30.3 Å². The van der Waals surface area contributed by atoms with Gasteiger partial charge in [-0.2, -0.15) is 0 Å². The van der Waals surface area contributed by atoms with Crippen molar-refractivity contribution < 1.29 is 9.63 Å². The maximum absolute atomic E-state index is 10.8. The highest BCUT2D eigenvalue weighted by Crippen LogP contribution is 2.17. The Kier molecular flexibility index (Phi) is 6.31. The minimum atomic E-state index is -0.877. The van der Waals surface area contributed by atoms with E-state index in [1.54, 1.807) is 0 Å². The molecule has 4 nitrogen and oxygen atoms in total. The van der Waals surface area contributed by atoms with Gasteiger partial charge in [0.25, 0.3) is 0 Å². The average molecular weight is 279 g/mol. The van der Waals surface area contributed by atoms with Crippen LogP contribution in [0.3, 0.4) is 0 Å². The first-order valence-corrected chi connectivity index (χ1v) is 5.27. The van der Waals surface area contributed by atoms with Gasteiger partial charge in [0.05, 0.1) is 11.2 Å². The van der Waals surface area contributed by atoms with Gasteiger partial charge in [-0.1, -0.05) is 18.2 Å². The smallest absolute Gasteiger partial charge is 0.334 e. The van der Waals surface area contributed by atoms with Crippen molar-refractivity contribution >= 4 is 35.1 Å². The number of halogens is 2. The Bertz CT molecular complexity index is 352. The predicted molar refractivity (Wildman–Crippen MR) is 71.2 cm³/mol. The summed E-state index contributed by atoms with van der Waals surface area (Å²) in [5, 5.41) is 1.32. The molecule has 0 aliphatic rings. The number of para-hydroxylation sites is 1. The summed E-state index contributed by atoms with van der Waals surface area (Å²) in [7, 11) is 0. The first-order chi connectivity index (χ1) is 7.39. The Balaban J connectivity index is 0.00000256. The molecule has 0 aliphatic carbocycles. The molecule has 0 aliphatic heterocycles. The number of hydrogen-bond acceptors (Lipinski definition) is 4. The fourth-order valence-corrected chi connectivity index (χ4v) is 1.10. The number of hydrazine groups is 1. The van der Waals surface area contributed by atoms with Crippen LogP contribution in [0.5, 0.6) is 0 Å². The minimum Gasteiger partial charge on any atom is -0.334 e. The Morgan fingerprint density at radius 2 is 1.82 bits per heavy atom. The summed E-state index contributed by atoms with van der Waals surface area (Å²) in [5.41, 5.74) is 2.49. The Morgan fingerprint density at radius 1 is 1.29 bits per heavy atom. The van der Waals surface area contributed by atoms with E-state index in [1.807, 2.05) is 51.1 Å². The van der Waals surface area contributed by atoms with Crippen molar-refractivity contribution in [2.24, 2.45) is 0 Å². The lowest BCUT2D eigenvalue weighted by atomic mass is 10.1. The van der Waals surface area contributed by atoms with Crippen LogP contribution in [-0.2, 0) is 4.84 Å². The van der Waals surface area contributed by atoms with Gasteiger partial charge in [-0.25, -0.2) is 4.79 Å². The van der Waals surface area contributed by atoms with Crippen LogP contribution >= 0.6 is 24.0 Å². The van der Waals surface area contributed by atoms with Gasteiger partial charge in [-0.05, 0) is 38.1 Å². The largest absolute Gasteiger partial charge is 0.424 e. The first-order valence-electron chi connectivity index (χ1n) is 4.89. The number of rotatable bonds is 3. The van der Waals surface area contributed by atoms with Crippen molar-refractivity contribution in [1.29, 1.82) is 0 Å². The zero-order valence-electron chi connectivity index (χ0n) is 9.94. The van der Waals surface area contributed by atoms with E-state index in [2.05, 4.69) is 5.43 Å². The molecule has 17 heavy (non-hydrogen) atoms. The third kappa shape index (κ3) is 5.77. The molecular weight excluding hydrogens is 263 g/mol.